The predicted molar refractivity (Wildman–Crippen MR) is 77.1 cm³/mol. The first-order valence-electron chi connectivity index (χ1n) is 6.43. The number of amides is 1. The van der Waals surface area contributed by atoms with Crippen molar-refractivity contribution in [2.75, 3.05) is 11.9 Å². The van der Waals surface area contributed by atoms with Gasteiger partial charge in [0.25, 0.3) is 0 Å². The molecule has 5 heteroatoms. The molecule has 0 radical (unpaired) electrons. The average Bonchev–Trinajstić information content (AvgIpc) is 2.76. The van der Waals surface area contributed by atoms with Gasteiger partial charge in [0, 0.05) is 23.9 Å². The number of hydrogen-bond acceptors (Lipinski definition) is 3. The molecule has 2 rings (SSSR count). The average molecular weight is 260 g/mol. The van der Waals surface area contributed by atoms with Crippen LogP contribution < -0.4 is 10.6 Å². The molecule has 5 nitrogen and oxygen atoms in total. The number of anilines is 1. The molecule has 0 saturated carbocycles. The third-order valence-electron chi connectivity index (χ3n) is 2.77. The SMILES string of the molecule is CC(C)(C)NCCC(=O)Nc1cccc2[nH]ncc12. The van der Waals surface area contributed by atoms with Crippen molar-refractivity contribution in [2.45, 2.75) is 32.7 Å². The number of hydrogen-bond donors (Lipinski definition) is 3. The minimum absolute atomic E-state index is 0.00505. The number of fused-ring (bicyclic) bond motifs is 1. The zero-order chi connectivity index (χ0) is 13.9. The topological polar surface area (TPSA) is 69.8 Å². The standard InChI is InChI=1S/C14H20N4O/c1-14(2,3)15-8-7-13(19)17-11-5-4-6-12-10(11)9-16-18-12/h4-6,9,15H,7-8H2,1-3H3,(H,16,18)(H,17,19). The fraction of sp³-hybridized carbons (Fsp3) is 0.429. The third kappa shape index (κ3) is 3.79. The summed E-state index contributed by atoms with van der Waals surface area (Å²) in [4.78, 5) is 11.9. The van der Waals surface area contributed by atoms with Crippen molar-refractivity contribution in [2.24, 2.45) is 0 Å². The van der Waals surface area contributed by atoms with Crippen molar-refractivity contribution < 1.29 is 4.79 Å². The second-order valence-electron chi connectivity index (χ2n) is 5.61. The fourth-order valence-corrected chi connectivity index (χ4v) is 1.84. The van der Waals surface area contributed by atoms with Gasteiger partial charge < -0.3 is 10.6 Å². The summed E-state index contributed by atoms with van der Waals surface area (Å²) in [5.41, 5.74) is 1.75. The van der Waals surface area contributed by atoms with Gasteiger partial charge in [0.1, 0.15) is 0 Å². The van der Waals surface area contributed by atoms with Crippen LogP contribution in [0, 0.1) is 0 Å². The van der Waals surface area contributed by atoms with Gasteiger partial charge in [-0.3, -0.25) is 9.89 Å². The van der Waals surface area contributed by atoms with Crippen molar-refractivity contribution in [3.63, 3.8) is 0 Å². The van der Waals surface area contributed by atoms with Crippen LogP contribution in [-0.2, 0) is 4.79 Å². The molecule has 0 aliphatic rings. The van der Waals surface area contributed by atoms with Crippen molar-refractivity contribution >= 4 is 22.5 Å². The molecule has 3 N–H and O–H groups in total. The van der Waals surface area contributed by atoms with E-state index in [-0.39, 0.29) is 11.4 Å². The number of aromatic amines is 1. The van der Waals surface area contributed by atoms with Crippen molar-refractivity contribution in [1.82, 2.24) is 15.5 Å². The molecular weight excluding hydrogens is 240 g/mol. The van der Waals surface area contributed by atoms with Crippen LogP contribution in [0.4, 0.5) is 5.69 Å². The number of benzene rings is 1. The molecule has 2 aromatic rings. The molecular formula is C14H20N4O. The summed E-state index contributed by atoms with van der Waals surface area (Å²) < 4.78 is 0. The van der Waals surface area contributed by atoms with Crippen LogP contribution in [0.3, 0.4) is 0 Å². The van der Waals surface area contributed by atoms with Gasteiger partial charge in [-0.15, -0.1) is 0 Å². The Labute approximate surface area is 112 Å². The number of rotatable bonds is 4. The highest BCUT2D eigenvalue weighted by atomic mass is 16.1. The highest BCUT2D eigenvalue weighted by Gasteiger charge is 2.10. The maximum Gasteiger partial charge on any atom is 0.225 e. The predicted octanol–water partition coefficient (Wildman–Crippen LogP) is 2.28. The molecule has 0 fully saturated rings. The first kappa shape index (κ1) is 13.5. The van der Waals surface area contributed by atoms with E-state index in [1.807, 2.05) is 18.2 Å². The quantitative estimate of drug-likeness (QED) is 0.790. The van der Waals surface area contributed by atoms with Crippen LogP contribution >= 0.6 is 0 Å². The van der Waals surface area contributed by atoms with E-state index in [2.05, 4.69) is 41.6 Å². The summed E-state index contributed by atoms with van der Waals surface area (Å²) in [6.07, 6.45) is 2.17. The maximum atomic E-state index is 11.9. The molecule has 1 amide bonds. The normalized spacial score (nSPS) is 11.7. The zero-order valence-corrected chi connectivity index (χ0v) is 11.6. The third-order valence-corrected chi connectivity index (χ3v) is 2.77. The van der Waals surface area contributed by atoms with Crippen molar-refractivity contribution in [3.05, 3.63) is 24.4 Å². The molecule has 102 valence electrons. The first-order valence-corrected chi connectivity index (χ1v) is 6.43. The second-order valence-corrected chi connectivity index (χ2v) is 5.61. The Morgan fingerprint density at radius 1 is 1.37 bits per heavy atom. The largest absolute Gasteiger partial charge is 0.325 e. The molecule has 0 bridgehead atoms. The molecule has 1 aromatic heterocycles. The van der Waals surface area contributed by atoms with Gasteiger partial charge in [0.2, 0.25) is 5.91 Å². The Kier molecular flexibility index (Phi) is 3.85. The van der Waals surface area contributed by atoms with E-state index < -0.39 is 0 Å². The Morgan fingerprint density at radius 2 is 2.16 bits per heavy atom. The minimum Gasteiger partial charge on any atom is -0.325 e. The molecule has 0 saturated heterocycles. The van der Waals surface area contributed by atoms with Crippen LogP contribution in [0.1, 0.15) is 27.2 Å². The lowest BCUT2D eigenvalue weighted by Crippen LogP contribution is -2.37. The number of carbonyl (C=O) groups is 1. The van der Waals surface area contributed by atoms with Crippen LogP contribution in [0.15, 0.2) is 24.4 Å². The Hall–Kier alpha value is -1.88. The van der Waals surface area contributed by atoms with E-state index in [1.165, 1.54) is 0 Å². The highest BCUT2D eigenvalue weighted by molar-refractivity contribution is 6.00. The van der Waals surface area contributed by atoms with Crippen LogP contribution in [-0.4, -0.2) is 28.2 Å². The van der Waals surface area contributed by atoms with Gasteiger partial charge in [0.05, 0.1) is 17.4 Å². The summed E-state index contributed by atoms with van der Waals surface area (Å²) in [6.45, 7) is 6.90. The van der Waals surface area contributed by atoms with Gasteiger partial charge in [0.15, 0.2) is 0 Å². The molecule has 1 aromatic carbocycles. The van der Waals surface area contributed by atoms with E-state index in [9.17, 15) is 4.79 Å². The lowest BCUT2D eigenvalue weighted by molar-refractivity contribution is -0.116. The fourth-order valence-electron chi connectivity index (χ4n) is 1.84. The van der Waals surface area contributed by atoms with Crippen LogP contribution in [0.25, 0.3) is 10.9 Å². The summed E-state index contributed by atoms with van der Waals surface area (Å²) in [6, 6.07) is 5.70. The monoisotopic (exact) mass is 260 g/mol. The Balaban J connectivity index is 1.94. The van der Waals surface area contributed by atoms with Crippen LogP contribution in [0.2, 0.25) is 0 Å². The van der Waals surface area contributed by atoms with Crippen molar-refractivity contribution in [3.8, 4) is 0 Å². The van der Waals surface area contributed by atoms with Gasteiger partial charge in [-0.2, -0.15) is 5.10 Å². The second kappa shape index (κ2) is 5.40. The van der Waals surface area contributed by atoms with E-state index in [0.29, 0.717) is 13.0 Å². The van der Waals surface area contributed by atoms with E-state index in [4.69, 9.17) is 0 Å². The van der Waals surface area contributed by atoms with E-state index in [0.717, 1.165) is 16.6 Å². The van der Waals surface area contributed by atoms with E-state index >= 15 is 0 Å². The van der Waals surface area contributed by atoms with Gasteiger partial charge in [-0.05, 0) is 32.9 Å². The number of nitrogens with zero attached hydrogens (tertiary/aromatic N) is 1. The summed E-state index contributed by atoms with van der Waals surface area (Å²) in [5, 5.41) is 14.0. The minimum atomic E-state index is 0.00505. The Bertz CT molecular complexity index is 568. The summed E-state index contributed by atoms with van der Waals surface area (Å²) in [5.74, 6) is 0.00505. The Morgan fingerprint density at radius 3 is 2.89 bits per heavy atom. The molecule has 1 heterocycles. The molecule has 0 aliphatic carbocycles. The van der Waals surface area contributed by atoms with Gasteiger partial charge in [-0.25, -0.2) is 0 Å². The van der Waals surface area contributed by atoms with Gasteiger partial charge >= 0.3 is 0 Å². The number of carbonyl (C=O) groups excluding carboxylic acids is 1. The smallest absolute Gasteiger partial charge is 0.225 e. The molecule has 0 spiro atoms. The zero-order valence-electron chi connectivity index (χ0n) is 11.6. The molecule has 19 heavy (non-hydrogen) atoms. The lowest BCUT2D eigenvalue weighted by atomic mass is 10.1. The first-order chi connectivity index (χ1) is 8.96. The lowest BCUT2D eigenvalue weighted by Gasteiger charge is -2.20. The highest BCUT2D eigenvalue weighted by Crippen LogP contribution is 2.20. The molecule has 0 atom stereocenters. The number of nitrogens with one attached hydrogen (secondary N) is 3. The number of H-pyrrole nitrogens is 1. The van der Waals surface area contributed by atoms with E-state index in [1.54, 1.807) is 6.20 Å². The molecule has 0 aliphatic heterocycles. The molecule has 0 unspecified atom stereocenters. The summed E-state index contributed by atoms with van der Waals surface area (Å²) in [7, 11) is 0. The summed E-state index contributed by atoms with van der Waals surface area (Å²) >= 11 is 0. The van der Waals surface area contributed by atoms with Gasteiger partial charge in [-0.1, -0.05) is 6.07 Å². The van der Waals surface area contributed by atoms with Crippen molar-refractivity contribution in [1.29, 1.82) is 0 Å². The van der Waals surface area contributed by atoms with Crippen LogP contribution in [0.5, 0.6) is 0 Å². The maximum absolute atomic E-state index is 11.9. The number of aromatic nitrogens is 2.